The summed E-state index contributed by atoms with van der Waals surface area (Å²) in [4.78, 5) is 11.9. The van der Waals surface area contributed by atoms with Crippen molar-refractivity contribution in [1.82, 2.24) is 0 Å². The lowest BCUT2D eigenvalue weighted by atomic mass is 10.1. The van der Waals surface area contributed by atoms with Crippen molar-refractivity contribution in [3.8, 4) is 5.75 Å². The Morgan fingerprint density at radius 2 is 1.77 bits per heavy atom. The maximum absolute atomic E-state index is 11.9. The first-order valence-corrected chi connectivity index (χ1v) is 8.52. The Bertz CT molecular complexity index is 593. The van der Waals surface area contributed by atoms with Crippen LogP contribution in [0.25, 0.3) is 0 Å². The number of anilines is 1. The molecular formula is C18H20INO2. The highest BCUT2D eigenvalue weighted by Crippen LogP contribution is 2.14. The summed E-state index contributed by atoms with van der Waals surface area (Å²) < 4.78 is 6.59. The largest absolute Gasteiger partial charge is 0.484 e. The monoisotopic (exact) mass is 409 g/mol. The molecule has 0 radical (unpaired) electrons. The molecule has 0 unspecified atom stereocenters. The van der Waals surface area contributed by atoms with Gasteiger partial charge in [0.2, 0.25) is 0 Å². The van der Waals surface area contributed by atoms with E-state index in [1.165, 1.54) is 18.4 Å². The van der Waals surface area contributed by atoms with Crippen LogP contribution in [0.4, 0.5) is 5.69 Å². The van der Waals surface area contributed by atoms with Crippen molar-refractivity contribution in [3.05, 3.63) is 57.7 Å². The molecule has 0 atom stereocenters. The van der Waals surface area contributed by atoms with Crippen LogP contribution in [0.3, 0.4) is 0 Å². The number of hydrogen-bond donors (Lipinski definition) is 1. The van der Waals surface area contributed by atoms with Crippen molar-refractivity contribution in [2.75, 3.05) is 11.9 Å². The zero-order valence-electron chi connectivity index (χ0n) is 12.6. The Morgan fingerprint density at radius 3 is 2.41 bits per heavy atom. The number of rotatable bonds is 7. The van der Waals surface area contributed by atoms with E-state index in [-0.39, 0.29) is 12.5 Å². The minimum atomic E-state index is -0.153. The predicted octanol–water partition coefficient (Wildman–Crippen LogP) is 4.65. The molecule has 0 spiro atoms. The molecule has 0 aliphatic carbocycles. The average Bonchev–Trinajstić information content (AvgIpc) is 2.54. The Balaban J connectivity index is 1.80. The van der Waals surface area contributed by atoms with E-state index in [2.05, 4.69) is 47.0 Å². The smallest absolute Gasteiger partial charge is 0.262 e. The second-order valence-electron chi connectivity index (χ2n) is 5.09. The lowest BCUT2D eigenvalue weighted by molar-refractivity contribution is -0.118. The number of aryl methyl sites for hydroxylation is 1. The molecule has 2 aromatic carbocycles. The molecule has 1 amide bonds. The number of ether oxygens (including phenoxy) is 1. The van der Waals surface area contributed by atoms with E-state index in [1.54, 1.807) is 0 Å². The Kier molecular flexibility index (Phi) is 6.71. The normalized spacial score (nSPS) is 10.3. The first-order chi connectivity index (χ1) is 10.7. The lowest BCUT2D eigenvalue weighted by Gasteiger charge is -2.08. The van der Waals surface area contributed by atoms with E-state index >= 15 is 0 Å². The van der Waals surface area contributed by atoms with E-state index < -0.39 is 0 Å². The van der Waals surface area contributed by atoms with E-state index in [0.717, 1.165) is 15.7 Å². The maximum atomic E-state index is 11.9. The topological polar surface area (TPSA) is 38.3 Å². The fraction of sp³-hybridized carbons (Fsp3) is 0.278. The third kappa shape index (κ3) is 5.67. The van der Waals surface area contributed by atoms with Gasteiger partial charge in [-0.25, -0.2) is 0 Å². The van der Waals surface area contributed by atoms with Gasteiger partial charge in [0, 0.05) is 9.26 Å². The summed E-state index contributed by atoms with van der Waals surface area (Å²) in [5.41, 5.74) is 2.10. The molecule has 3 nitrogen and oxygen atoms in total. The first kappa shape index (κ1) is 16.8. The summed E-state index contributed by atoms with van der Waals surface area (Å²) in [6.45, 7) is 2.19. The Labute approximate surface area is 145 Å². The van der Waals surface area contributed by atoms with Gasteiger partial charge in [0.25, 0.3) is 5.91 Å². The number of hydrogen-bond acceptors (Lipinski definition) is 2. The van der Waals surface area contributed by atoms with Gasteiger partial charge in [-0.15, -0.1) is 0 Å². The molecule has 2 rings (SSSR count). The van der Waals surface area contributed by atoms with Crippen LogP contribution in [0.5, 0.6) is 5.75 Å². The SMILES string of the molecule is CCCCc1ccc(NC(=O)COc2ccc(I)cc2)cc1. The summed E-state index contributed by atoms with van der Waals surface area (Å²) in [5.74, 6) is 0.547. The molecule has 0 saturated heterocycles. The molecule has 0 fully saturated rings. The van der Waals surface area contributed by atoms with Crippen LogP contribution in [0, 0.1) is 3.57 Å². The molecule has 0 aliphatic heterocycles. The minimum Gasteiger partial charge on any atom is -0.484 e. The molecular weight excluding hydrogens is 389 g/mol. The average molecular weight is 409 g/mol. The van der Waals surface area contributed by atoms with Crippen LogP contribution in [-0.2, 0) is 11.2 Å². The summed E-state index contributed by atoms with van der Waals surface area (Å²) in [6, 6.07) is 15.6. The standard InChI is InChI=1S/C18H20INO2/c1-2-3-4-14-5-9-16(10-6-14)20-18(21)13-22-17-11-7-15(19)8-12-17/h5-12H,2-4,13H2,1H3,(H,20,21). The van der Waals surface area contributed by atoms with Gasteiger partial charge in [-0.3, -0.25) is 4.79 Å². The second-order valence-corrected chi connectivity index (χ2v) is 6.34. The zero-order valence-corrected chi connectivity index (χ0v) is 14.8. The number of nitrogens with one attached hydrogen (secondary N) is 1. The van der Waals surface area contributed by atoms with Gasteiger partial charge in [0.05, 0.1) is 0 Å². The lowest BCUT2D eigenvalue weighted by Crippen LogP contribution is -2.20. The van der Waals surface area contributed by atoms with Gasteiger partial charge in [-0.1, -0.05) is 25.5 Å². The number of carbonyl (C=O) groups excluding carboxylic acids is 1. The third-order valence-corrected chi connectivity index (χ3v) is 3.96. The number of halogens is 1. The van der Waals surface area contributed by atoms with E-state index in [9.17, 15) is 4.79 Å². The van der Waals surface area contributed by atoms with Gasteiger partial charge < -0.3 is 10.1 Å². The maximum Gasteiger partial charge on any atom is 0.262 e. The number of carbonyl (C=O) groups is 1. The van der Waals surface area contributed by atoms with E-state index in [0.29, 0.717) is 5.75 Å². The van der Waals surface area contributed by atoms with Crippen LogP contribution in [0.15, 0.2) is 48.5 Å². The third-order valence-electron chi connectivity index (χ3n) is 3.24. The Morgan fingerprint density at radius 1 is 1.09 bits per heavy atom. The van der Waals surface area contributed by atoms with Gasteiger partial charge in [-0.05, 0) is 77.4 Å². The quantitative estimate of drug-likeness (QED) is 0.677. The van der Waals surface area contributed by atoms with Crippen LogP contribution in [0.1, 0.15) is 25.3 Å². The number of amides is 1. The first-order valence-electron chi connectivity index (χ1n) is 7.44. The fourth-order valence-electron chi connectivity index (χ4n) is 2.01. The molecule has 2 aromatic rings. The Hall–Kier alpha value is -1.56. The van der Waals surface area contributed by atoms with E-state index in [4.69, 9.17) is 4.74 Å². The summed E-state index contributed by atoms with van der Waals surface area (Å²) in [7, 11) is 0. The molecule has 0 heterocycles. The van der Waals surface area contributed by atoms with Crippen LogP contribution < -0.4 is 10.1 Å². The minimum absolute atomic E-state index is 0.0121. The molecule has 4 heteroatoms. The zero-order chi connectivity index (χ0) is 15.8. The molecule has 0 aromatic heterocycles. The summed E-state index contributed by atoms with van der Waals surface area (Å²) >= 11 is 2.23. The molecule has 22 heavy (non-hydrogen) atoms. The van der Waals surface area contributed by atoms with Gasteiger partial charge in [0.15, 0.2) is 6.61 Å². The molecule has 0 bridgehead atoms. The van der Waals surface area contributed by atoms with Crippen molar-refractivity contribution in [3.63, 3.8) is 0 Å². The van der Waals surface area contributed by atoms with Crippen molar-refractivity contribution in [2.45, 2.75) is 26.2 Å². The summed E-state index contributed by atoms with van der Waals surface area (Å²) in [6.07, 6.45) is 3.46. The highest BCUT2D eigenvalue weighted by Gasteiger charge is 2.04. The highest BCUT2D eigenvalue weighted by atomic mass is 127. The van der Waals surface area contributed by atoms with Crippen molar-refractivity contribution in [1.29, 1.82) is 0 Å². The van der Waals surface area contributed by atoms with Crippen molar-refractivity contribution >= 4 is 34.2 Å². The second kappa shape index (κ2) is 8.78. The van der Waals surface area contributed by atoms with Crippen molar-refractivity contribution < 1.29 is 9.53 Å². The molecule has 1 N–H and O–H groups in total. The predicted molar refractivity (Wildman–Crippen MR) is 98.3 cm³/mol. The number of benzene rings is 2. The van der Waals surface area contributed by atoms with E-state index in [1.807, 2.05) is 36.4 Å². The molecule has 116 valence electrons. The van der Waals surface area contributed by atoms with Crippen LogP contribution >= 0.6 is 22.6 Å². The molecule has 0 saturated carbocycles. The van der Waals surface area contributed by atoms with Crippen LogP contribution in [0.2, 0.25) is 0 Å². The summed E-state index contributed by atoms with van der Waals surface area (Å²) in [5, 5.41) is 2.84. The van der Waals surface area contributed by atoms with Gasteiger partial charge in [0.1, 0.15) is 5.75 Å². The fourth-order valence-corrected chi connectivity index (χ4v) is 2.37. The number of unbranched alkanes of at least 4 members (excludes halogenated alkanes) is 1. The van der Waals surface area contributed by atoms with Crippen molar-refractivity contribution in [2.24, 2.45) is 0 Å². The van der Waals surface area contributed by atoms with Gasteiger partial charge in [-0.2, -0.15) is 0 Å². The van der Waals surface area contributed by atoms with Crippen LogP contribution in [-0.4, -0.2) is 12.5 Å². The van der Waals surface area contributed by atoms with Gasteiger partial charge >= 0.3 is 0 Å². The molecule has 0 aliphatic rings. The highest BCUT2D eigenvalue weighted by molar-refractivity contribution is 14.1.